The van der Waals surface area contributed by atoms with E-state index in [4.69, 9.17) is 10.00 Å². The molecule has 4 heteroatoms. The fourth-order valence-corrected chi connectivity index (χ4v) is 1.67. The molecule has 0 radical (unpaired) electrons. The number of rotatable bonds is 7. The van der Waals surface area contributed by atoms with Gasteiger partial charge in [-0.15, -0.1) is 0 Å². The molecule has 0 fully saturated rings. The molecule has 18 heavy (non-hydrogen) atoms. The van der Waals surface area contributed by atoms with Crippen molar-refractivity contribution in [2.24, 2.45) is 0 Å². The van der Waals surface area contributed by atoms with E-state index in [0.717, 1.165) is 11.3 Å². The van der Waals surface area contributed by atoms with E-state index in [1.807, 2.05) is 49.2 Å². The zero-order valence-corrected chi connectivity index (χ0v) is 10.8. The molecule has 0 heterocycles. The zero-order chi connectivity index (χ0) is 13.4. The number of nitrogens with zero attached hydrogens (tertiary/aromatic N) is 2. The van der Waals surface area contributed by atoms with Gasteiger partial charge in [0.15, 0.2) is 5.78 Å². The lowest BCUT2D eigenvalue weighted by Gasteiger charge is -2.15. The Morgan fingerprint density at radius 1 is 1.39 bits per heavy atom. The van der Waals surface area contributed by atoms with Crippen LogP contribution in [0, 0.1) is 11.3 Å². The smallest absolute Gasteiger partial charge is 0.160 e. The van der Waals surface area contributed by atoms with Crippen molar-refractivity contribution in [2.45, 2.75) is 19.9 Å². The van der Waals surface area contributed by atoms with Crippen molar-refractivity contribution < 1.29 is 9.53 Å². The molecule has 1 aromatic carbocycles. The predicted molar refractivity (Wildman–Crippen MR) is 69.2 cm³/mol. The Hall–Kier alpha value is -1.86. The Balaban J connectivity index is 2.46. The van der Waals surface area contributed by atoms with Crippen LogP contribution >= 0.6 is 0 Å². The normalized spacial score (nSPS) is 10.1. The highest BCUT2D eigenvalue weighted by Crippen LogP contribution is 2.13. The Morgan fingerprint density at radius 3 is 2.61 bits per heavy atom. The summed E-state index contributed by atoms with van der Waals surface area (Å²) in [6.07, 6.45) is -0.0202. The Kier molecular flexibility index (Phi) is 5.89. The van der Waals surface area contributed by atoms with E-state index in [1.54, 1.807) is 0 Å². The van der Waals surface area contributed by atoms with Crippen molar-refractivity contribution in [2.75, 3.05) is 20.2 Å². The van der Waals surface area contributed by atoms with E-state index in [9.17, 15) is 4.79 Å². The molecule has 1 aromatic rings. The van der Waals surface area contributed by atoms with Crippen LogP contribution in [0.4, 0.5) is 0 Å². The van der Waals surface area contributed by atoms with Crippen LogP contribution < -0.4 is 4.74 Å². The highest BCUT2D eigenvalue weighted by molar-refractivity contribution is 5.82. The molecule has 0 N–H and O–H groups in total. The third kappa shape index (κ3) is 4.98. The van der Waals surface area contributed by atoms with Gasteiger partial charge in [-0.1, -0.05) is 12.1 Å². The Labute approximate surface area is 108 Å². The molecule has 0 saturated heterocycles. The number of hydrogen-bond donors (Lipinski definition) is 0. The van der Waals surface area contributed by atoms with Crippen molar-refractivity contribution in [3.63, 3.8) is 0 Å². The first-order valence-electron chi connectivity index (χ1n) is 5.94. The molecule has 0 bridgehead atoms. The Morgan fingerprint density at radius 2 is 2.06 bits per heavy atom. The maximum Gasteiger partial charge on any atom is 0.160 e. The van der Waals surface area contributed by atoms with Crippen LogP contribution in [0.25, 0.3) is 0 Å². The van der Waals surface area contributed by atoms with Crippen LogP contribution in [-0.2, 0) is 11.3 Å². The van der Waals surface area contributed by atoms with Crippen LogP contribution in [-0.4, -0.2) is 30.9 Å². The van der Waals surface area contributed by atoms with E-state index >= 15 is 0 Å². The van der Waals surface area contributed by atoms with Crippen molar-refractivity contribution in [3.8, 4) is 11.8 Å². The molecule has 0 aliphatic carbocycles. The highest BCUT2D eigenvalue weighted by atomic mass is 16.5. The van der Waals surface area contributed by atoms with Crippen molar-refractivity contribution in [3.05, 3.63) is 29.8 Å². The van der Waals surface area contributed by atoms with Gasteiger partial charge in [-0.05, 0) is 31.7 Å². The molecule has 0 saturated carbocycles. The molecule has 0 aliphatic heterocycles. The lowest BCUT2D eigenvalue weighted by atomic mass is 10.2. The summed E-state index contributed by atoms with van der Waals surface area (Å²) in [5, 5.41) is 8.42. The first-order chi connectivity index (χ1) is 8.65. The van der Waals surface area contributed by atoms with Gasteiger partial charge in [0.05, 0.1) is 25.6 Å². The van der Waals surface area contributed by atoms with E-state index in [0.29, 0.717) is 19.7 Å². The molecule has 1 rings (SSSR count). The first kappa shape index (κ1) is 14.2. The molecule has 0 amide bonds. The monoisotopic (exact) mass is 246 g/mol. The second-order valence-corrected chi connectivity index (χ2v) is 4.12. The summed E-state index contributed by atoms with van der Waals surface area (Å²) >= 11 is 0. The fourth-order valence-electron chi connectivity index (χ4n) is 1.67. The van der Waals surface area contributed by atoms with Crippen LogP contribution in [0.5, 0.6) is 5.75 Å². The molecule has 0 aromatic heterocycles. The number of likely N-dealkylation sites (N-methyl/N-ethyl adjacent to an activating group) is 1. The molecule has 0 atom stereocenters. The summed E-state index contributed by atoms with van der Waals surface area (Å²) in [7, 11) is 1.87. The summed E-state index contributed by atoms with van der Waals surface area (Å²) in [5.41, 5.74) is 1.12. The second-order valence-electron chi connectivity index (χ2n) is 4.12. The maximum absolute atomic E-state index is 11.3. The number of ether oxygens (including phenoxy) is 1. The van der Waals surface area contributed by atoms with Gasteiger partial charge in [0.25, 0.3) is 0 Å². The summed E-state index contributed by atoms with van der Waals surface area (Å²) in [6, 6.07) is 9.67. The molecule has 4 nitrogen and oxygen atoms in total. The average Bonchev–Trinajstić information content (AvgIpc) is 2.32. The molecule has 0 unspecified atom stereocenters. The lowest BCUT2D eigenvalue weighted by Crippen LogP contribution is -2.25. The zero-order valence-electron chi connectivity index (χ0n) is 10.8. The van der Waals surface area contributed by atoms with E-state index in [-0.39, 0.29) is 12.2 Å². The van der Waals surface area contributed by atoms with Gasteiger partial charge in [0.1, 0.15) is 5.75 Å². The summed E-state index contributed by atoms with van der Waals surface area (Å²) in [5.74, 6) is 0.801. The lowest BCUT2D eigenvalue weighted by molar-refractivity contribution is -0.119. The van der Waals surface area contributed by atoms with Gasteiger partial charge < -0.3 is 4.74 Å². The number of benzene rings is 1. The fraction of sp³-hybridized carbons (Fsp3) is 0.429. The van der Waals surface area contributed by atoms with Gasteiger partial charge in [-0.3, -0.25) is 9.69 Å². The number of hydrogen-bond acceptors (Lipinski definition) is 4. The molecular weight excluding hydrogens is 228 g/mol. The van der Waals surface area contributed by atoms with Crippen LogP contribution in [0.3, 0.4) is 0 Å². The molecule has 96 valence electrons. The van der Waals surface area contributed by atoms with Crippen molar-refractivity contribution >= 4 is 5.78 Å². The average molecular weight is 246 g/mol. The topological polar surface area (TPSA) is 53.3 Å². The van der Waals surface area contributed by atoms with Gasteiger partial charge in [0, 0.05) is 6.54 Å². The number of carbonyl (C=O) groups is 1. The van der Waals surface area contributed by atoms with E-state index in [2.05, 4.69) is 0 Å². The predicted octanol–water partition coefficient (Wildman–Crippen LogP) is 2.00. The van der Waals surface area contributed by atoms with Crippen molar-refractivity contribution in [1.29, 1.82) is 5.26 Å². The Bertz CT molecular complexity index is 420. The molecule has 0 spiro atoms. The SMILES string of the molecule is CCOc1ccc(CN(C)CC(=O)CC#N)cc1. The summed E-state index contributed by atoms with van der Waals surface area (Å²) in [4.78, 5) is 13.2. The minimum absolute atomic E-state index is 0.0202. The van der Waals surface area contributed by atoms with E-state index in [1.165, 1.54) is 0 Å². The van der Waals surface area contributed by atoms with Gasteiger partial charge in [-0.2, -0.15) is 5.26 Å². The van der Waals surface area contributed by atoms with Crippen LogP contribution in [0.15, 0.2) is 24.3 Å². The number of ketones is 1. The minimum Gasteiger partial charge on any atom is -0.494 e. The second kappa shape index (κ2) is 7.46. The maximum atomic E-state index is 11.3. The number of nitriles is 1. The quantitative estimate of drug-likeness (QED) is 0.738. The third-order valence-corrected chi connectivity index (χ3v) is 2.41. The van der Waals surface area contributed by atoms with Gasteiger partial charge in [0.2, 0.25) is 0 Å². The molecular formula is C14H18N2O2. The standard InChI is InChI=1S/C14H18N2O2/c1-3-18-14-6-4-12(5-7-14)10-16(2)11-13(17)8-9-15/h4-7H,3,8,10-11H2,1-2H3. The van der Waals surface area contributed by atoms with Gasteiger partial charge >= 0.3 is 0 Å². The highest BCUT2D eigenvalue weighted by Gasteiger charge is 2.06. The summed E-state index contributed by atoms with van der Waals surface area (Å²) in [6.45, 7) is 3.59. The number of Topliss-reactive ketones (excluding diaryl/α,β-unsaturated/α-hetero) is 1. The largest absolute Gasteiger partial charge is 0.494 e. The van der Waals surface area contributed by atoms with E-state index < -0.39 is 0 Å². The number of carbonyl (C=O) groups excluding carboxylic acids is 1. The first-order valence-corrected chi connectivity index (χ1v) is 5.94. The van der Waals surface area contributed by atoms with Crippen LogP contribution in [0.1, 0.15) is 18.9 Å². The van der Waals surface area contributed by atoms with Crippen molar-refractivity contribution in [1.82, 2.24) is 4.90 Å². The third-order valence-electron chi connectivity index (χ3n) is 2.41. The van der Waals surface area contributed by atoms with Gasteiger partial charge in [-0.25, -0.2) is 0 Å². The minimum atomic E-state index is -0.0501. The molecule has 0 aliphatic rings. The van der Waals surface area contributed by atoms with Crippen LogP contribution in [0.2, 0.25) is 0 Å². The summed E-state index contributed by atoms with van der Waals surface area (Å²) < 4.78 is 5.36.